The van der Waals surface area contributed by atoms with E-state index in [4.69, 9.17) is 4.98 Å². The number of hydrogen-bond acceptors (Lipinski definition) is 3. The van der Waals surface area contributed by atoms with Crippen LogP contribution in [0.25, 0.3) is 34.1 Å². The fourth-order valence-corrected chi connectivity index (χ4v) is 2.84. The van der Waals surface area contributed by atoms with Gasteiger partial charge in [-0.15, -0.1) is 0 Å². The highest BCUT2D eigenvalue weighted by Crippen LogP contribution is 2.27. The van der Waals surface area contributed by atoms with Gasteiger partial charge in [-0.05, 0) is 45.4 Å². The fraction of sp³-hybridized carbons (Fsp3) is 0.174. The molecule has 0 unspecified atom stereocenters. The predicted octanol–water partition coefficient (Wildman–Crippen LogP) is 5.78. The normalized spacial score (nSPS) is 12.4. The van der Waals surface area contributed by atoms with Gasteiger partial charge in [-0.2, -0.15) is 5.10 Å². The van der Waals surface area contributed by atoms with Crippen LogP contribution in [0.5, 0.6) is 0 Å². The van der Waals surface area contributed by atoms with E-state index in [2.05, 4.69) is 46.7 Å². The second kappa shape index (κ2) is 8.48. The second-order valence-corrected chi connectivity index (χ2v) is 6.72. The molecule has 5 nitrogen and oxygen atoms in total. The van der Waals surface area contributed by atoms with Crippen molar-refractivity contribution in [2.75, 3.05) is 0 Å². The lowest BCUT2D eigenvalue weighted by atomic mass is 10.1. The molecule has 3 aromatic heterocycles. The molecule has 28 heavy (non-hydrogen) atoms. The highest BCUT2D eigenvalue weighted by molar-refractivity contribution is 5.93. The third kappa shape index (κ3) is 4.09. The Bertz CT molecular complexity index is 1120. The standard InChI is InChI=1S/C23H25N5/c1-6-8-11-17(7-2)20-13-18-21(14-24-20)27-28-22(18)23-25-16(5)19(26-23)12-9-10-15(3)4/h6-14H,1H2,2-5H3,(H,25,26)(H,27,28)/b11-8-,12-9-,17-7+. The third-order valence-corrected chi connectivity index (χ3v) is 4.30. The first kappa shape index (κ1) is 19.3. The quantitative estimate of drug-likeness (QED) is 0.539. The molecule has 0 aliphatic rings. The number of aromatic amines is 2. The van der Waals surface area contributed by atoms with Gasteiger partial charge >= 0.3 is 0 Å². The Morgan fingerprint density at radius 3 is 2.75 bits per heavy atom. The largest absolute Gasteiger partial charge is 0.340 e. The molecular formula is C23H25N5. The number of H-pyrrole nitrogens is 2. The minimum absolute atomic E-state index is 0.737. The molecule has 5 heteroatoms. The van der Waals surface area contributed by atoms with Crippen LogP contribution in [0, 0.1) is 6.92 Å². The van der Waals surface area contributed by atoms with Crippen molar-refractivity contribution in [3.8, 4) is 11.5 Å². The van der Waals surface area contributed by atoms with E-state index in [1.165, 1.54) is 5.57 Å². The molecular weight excluding hydrogens is 346 g/mol. The van der Waals surface area contributed by atoms with Crippen molar-refractivity contribution in [3.05, 3.63) is 78.0 Å². The number of aryl methyl sites for hydroxylation is 1. The van der Waals surface area contributed by atoms with Crippen molar-refractivity contribution in [1.29, 1.82) is 0 Å². The number of aromatic nitrogens is 5. The molecule has 0 amide bonds. The first-order chi connectivity index (χ1) is 13.5. The van der Waals surface area contributed by atoms with Gasteiger partial charge in [-0.3, -0.25) is 10.1 Å². The van der Waals surface area contributed by atoms with E-state index in [-0.39, 0.29) is 0 Å². The van der Waals surface area contributed by atoms with Crippen LogP contribution in [0.3, 0.4) is 0 Å². The second-order valence-electron chi connectivity index (χ2n) is 6.72. The molecule has 0 aliphatic heterocycles. The average molecular weight is 371 g/mol. The zero-order chi connectivity index (χ0) is 20.1. The smallest absolute Gasteiger partial charge is 0.159 e. The Hall–Kier alpha value is -3.47. The molecule has 3 aromatic rings. The number of imidazole rings is 1. The molecule has 0 saturated heterocycles. The first-order valence-electron chi connectivity index (χ1n) is 9.22. The Labute approximate surface area is 165 Å². The van der Waals surface area contributed by atoms with Gasteiger partial charge in [0.25, 0.3) is 0 Å². The molecule has 0 aliphatic carbocycles. The summed E-state index contributed by atoms with van der Waals surface area (Å²) in [6, 6.07) is 2.04. The number of rotatable bonds is 6. The summed E-state index contributed by atoms with van der Waals surface area (Å²) in [5, 5.41) is 8.49. The van der Waals surface area contributed by atoms with Crippen molar-refractivity contribution in [1.82, 2.24) is 25.1 Å². The summed E-state index contributed by atoms with van der Waals surface area (Å²) in [5.74, 6) is 0.737. The number of nitrogens with zero attached hydrogens (tertiary/aromatic N) is 3. The lowest BCUT2D eigenvalue weighted by Crippen LogP contribution is -1.88. The first-order valence-corrected chi connectivity index (χ1v) is 9.22. The van der Waals surface area contributed by atoms with Crippen molar-refractivity contribution < 1.29 is 0 Å². The molecule has 0 spiro atoms. The van der Waals surface area contributed by atoms with Gasteiger partial charge in [-0.25, -0.2) is 4.98 Å². The lowest BCUT2D eigenvalue weighted by molar-refractivity contribution is 1.10. The van der Waals surface area contributed by atoms with E-state index in [0.717, 1.165) is 45.1 Å². The van der Waals surface area contributed by atoms with Crippen LogP contribution in [0.2, 0.25) is 0 Å². The molecule has 0 saturated carbocycles. The van der Waals surface area contributed by atoms with Crippen LogP contribution in [0.15, 0.2) is 60.9 Å². The molecule has 2 N–H and O–H groups in total. The Kier molecular flexibility index (Phi) is 5.84. The maximum absolute atomic E-state index is 4.73. The summed E-state index contributed by atoms with van der Waals surface area (Å²) >= 11 is 0. The molecule has 0 bridgehead atoms. The van der Waals surface area contributed by atoms with Gasteiger partial charge < -0.3 is 4.98 Å². The van der Waals surface area contributed by atoms with E-state index >= 15 is 0 Å². The summed E-state index contributed by atoms with van der Waals surface area (Å²) in [4.78, 5) is 12.6. The predicted molar refractivity (Wildman–Crippen MR) is 118 cm³/mol. The van der Waals surface area contributed by atoms with Crippen LogP contribution < -0.4 is 0 Å². The molecule has 0 aromatic carbocycles. The van der Waals surface area contributed by atoms with Crippen molar-refractivity contribution >= 4 is 22.6 Å². The summed E-state index contributed by atoms with van der Waals surface area (Å²) in [6.45, 7) is 11.9. The fourth-order valence-electron chi connectivity index (χ4n) is 2.84. The average Bonchev–Trinajstić information content (AvgIpc) is 3.25. The minimum atomic E-state index is 0.737. The summed E-state index contributed by atoms with van der Waals surface area (Å²) < 4.78 is 0. The zero-order valence-corrected chi connectivity index (χ0v) is 16.7. The molecule has 0 fully saturated rings. The van der Waals surface area contributed by atoms with Crippen LogP contribution >= 0.6 is 0 Å². The molecule has 3 heterocycles. The summed E-state index contributed by atoms with van der Waals surface area (Å²) in [6.07, 6.45) is 15.5. The monoisotopic (exact) mass is 371 g/mol. The number of allylic oxidation sites excluding steroid dienone is 8. The van der Waals surface area contributed by atoms with Crippen LogP contribution in [0.4, 0.5) is 0 Å². The van der Waals surface area contributed by atoms with Crippen molar-refractivity contribution in [2.24, 2.45) is 0 Å². The Morgan fingerprint density at radius 2 is 2.04 bits per heavy atom. The summed E-state index contributed by atoms with van der Waals surface area (Å²) in [5.41, 5.74) is 6.71. The van der Waals surface area contributed by atoms with Gasteiger partial charge in [0.05, 0.1) is 23.1 Å². The topological polar surface area (TPSA) is 70.2 Å². The number of fused-ring (bicyclic) bond motifs is 1. The van der Waals surface area contributed by atoms with Gasteiger partial charge in [0.1, 0.15) is 5.69 Å². The van der Waals surface area contributed by atoms with Crippen molar-refractivity contribution in [2.45, 2.75) is 27.7 Å². The van der Waals surface area contributed by atoms with Crippen LogP contribution in [0.1, 0.15) is 37.9 Å². The number of nitrogens with one attached hydrogen (secondary N) is 2. The van der Waals surface area contributed by atoms with E-state index < -0.39 is 0 Å². The third-order valence-electron chi connectivity index (χ3n) is 4.30. The lowest BCUT2D eigenvalue weighted by Gasteiger charge is -2.01. The van der Waals surface area contributed by atoms with E-state index in [1.54, 1.807) is 12.3 Å². The summed E-state index contributed by atoms with van der Waals surface area (Å²) in [7, 11) is 0. The maximum Gasteiger partial charge on any atom is 0.159 e. The van der Waals surface area contributed by atoms with E-state index in [9.17, 15) is 0 Å². The van der Waals surface area contributed by atoms with Gasteiger partial charge in [0.15, 0.2) is 5.82 Å². The van der Waals surface area contributed by atoms with Crippen LogP contribution in [-0.4, -0.2) is 25.1 Å². The van der Waals surface area contributed by atoms with Crippen molar-refractivity contribution in [3.63, 3.8) is 0 Å². The van der Waals surface area contributed by atoms with Crippen LogP contribution in [-0.2, 0) is 0 Å². The zero-order valence-electron chi connectivity index (χ0n) is 16.7. The van der Waals surface area contributed by atoms with Gasteiger partial charge in [-0.1, -0.05) is 48.6 Å². The molecule has 3 rings (SSSR count). The highest BCUT2D eigenvalue weighted by Gasteiger charge is 2.14. The maximum atomic E-state index is 4.73. The van der Waals surface area contributed by atoms with Gasteiger partial charge in [0.2, 0.25) is 0 Å². The molecule has 0 radical (unpaired) electrons. The minimum Gasteiger partial charge on any atom is -0.340 e. The Morgan fingerprint density at radius 1 is 1.21 bits per heavy atom. The highest BCUT2D eigenvalue weighted by atomic mass is 15.1. The number of hydrogen-bond donors (Lipinski definition) is 2. The molecule has 142 valence electrons. The van der Waals surface area contributed by atoms with Gasteiger partial charge in [0, 0.05) is 11.1 Å². The van der Waals surface area contributed by atoms with E-state index in [0.29, 0.717) is 0 Å². The van der Waals surface area contributed by atoms with E-state index in [1.807, 2.05) is 50.3 Å². The Balaban J connectivity index is 2.03. The molecule has 0 atom stereocenters. The SMILES string of the molecule is C=C/C=C\C(=C/C)c1cc2c(-c3nc(/C=C\C=C(C)C)c(C)[nH]3)n[nH]c2cn1. The number of pyridine rings is 1.